The number of hydrogen-bond acceptors (Lipinski definition) is 10. The zero-order valence-electron chi connectivity index (χ0n) is 25.7. The second-order valence-corrected chi connectivity index (χ2v) is 11.9. The Bertz CT molecular complexity index is 1660. The number of rotatable bonds is 12. The Balaban J connectivity index is 1.82. The number of benzene rings is 2. The van der Waals surface area contributed by atoms with Crippen LogP contribution < -0.4 is 4.72 Å². The van der Waals surface area contributed by atoms with Gasteiger partial charge in [-0.3, -0.25) is 9.63 Å². The van der Waals surface area contributed by atoms with Crippen molar-refractivity contribution in [3.63, 3.8) is 0 Å². The smallest absolute Gasteiger partial charge is 0.511 e. The summed E-state index contributed by atoms with van der Waals surface area (Å²) in [6.45, 7) is 7.78. The van der Waals surface area contributed by atoms with E-state index in [0.717, 1.165) is 40.5 Å². The van der Waals surface area contributed by atoms with Crippen LogP contribution in [0.5, 0.6) is 0 Å². The monoisotopic (exact) mass is 670 g/mol. The molecule has 0 saturated carbocycles. The van der Waals surface area contributed by atoms with E-state index in [-0.39, 0.29) is 27.9 Å². The van der Waals surface area contributed by atoms with Crippen molar-refractivity contribution in [3.8, 4) is 16.9 Å². The molecule has 14 nitrogen and oxygen atoms in total. The Labute approximate surface area is 262 Å². The van der Waals surface area contributed by atoms with Crippen LogP contribution in [0.2, 0.25) is 0 Å². The highest BCUT2D eigenvalue weighted by molar-refractivity contribution is 7.90. The average molecular weight is 671 g/mol. The number of aryl methyl sites for hydroxylation is 1. The number of carbonyl (C=O) groups is 2. The minimum absolute atomic E-state index is 0.0411. The molecule has 1 N–H and O–H groups in total. The van der Waals surface area contributed by atoms with Crippen LogP contribution in [0.3, 0.4) is 0 Å². The summed E-state index contributed by atoms with van der Waals surface area (Å²) in [5.74, 6) is -1.71. The van der Waals surface area contributed by atoms with Crippen molar-refractivity contribution in [2.45, 2.75) is 58.0 Å². The van der Waals surface area contributed by atoms with Crippen LogP contribution in [0.25, 0.3) is 16.9 Å². The van der Waals surface area contributed by atoms with E-state index in [1.807, 2.05) is 11.6 Å². The minimum Gasteiger partial charge on any atom is -0.569 e. The van der Waals surface area contributed by atoms with Crippen LogP contribution in [0, 0.1) is 18.0 Å². The highest BCUT2D eigenvalue weighted by atomic mass is 32.2. The third-order valence-electron chi connectivity index (χ3n) is 6.34. The van der Waals surface area contributed by atoms with Crippen molar-refractivity contribution in [2.24, 2.45) is 11.2 Å². The number of nitrogens with one attached hydrogen (secondary N) is 1. The molecule has 1 heterocycles. The molecule has 0 spiro atoms. The number of amides is 1. The summed E-state index contributed by atoms with van der Waals surface area (Å²) in [6.07, 6.45) is -7.11. The van der Waals surface area contributed by atoms with Gasteiger partial charge in [-0.2, -0.15) is 18.3 Å². The largest absolute Gasteiger partial charge is 0.569 e. The van der Waals surface area contributed by atoms with E-state index in [4.69, 9.17) is 9.57 Å². The molecular formula is C28H33F3N6O8S. The Morgan fingerprint density at radius 1 is 1.11 bits per heavy atom. The quantitative estimate of drug-likeness (QED) is 0.0915. The number of halogens is 3. The van der Waals surface area contributed by atoms with Crippen molar-refractivity contribution < 1.29 is 50.5 Å². The Morgan fingerprint density at radius 2 is 1.72 bits per heavy atom. The number of sulfonamides is 1. The molecule has 0 aliphatic heterocycles. The summed E-state index contributed by atoms with van der Waals surface area (Å²) in [5.41, 5.74) is 0.459. The summed E-state index contributed by atoms with van der Waals surface area (Å²) >= 11 is 0. The first-order chi connectivity index (χ1) is 21.4. The highest BCUT2D eigenvalue weighted by Crippen LogP contribution is 2.33. The Morgan fingerprint density at radius 3 is 2.26 bits per heavy atom. The minimum atomic E-state index is -4.73. The Kier molecular flexibility index (Phi) is 11.2. The van der Waals surface area contributed by atoms with Gasteiger partial charge in [0.2, 0.25) is 5.28 Å². The zero-order valence-corrected chi connectivity index (χ0v) is 26.5. The first-order valence-electron chi connectivity index (χ1n) is 13.8. The second-order valence-electron chi connectivity index (χ2n) is 10.2. The van der Waals surface area contributed by atoms with Gasteiger partial charge in [-0.15, -0.1) is 5.01 Å². The molecule has 3 aromatic rings. The predicted molar refractivity (Wildman–Crippen MR) is 155 cm³/mol. The van der Waals surface area contributed by atoms with Crippen molar-refractivity contribution in [3.05, 3.63) is 71.1 Å². The third kappa shape index (κ3) is 8.86. The molecule has 1 aromatic heterocycles. The van der Waals surface area contributed by atoms with Gasteiger partial charge in [-0.25, -0.2) is 22.6 Å². The van der Waals surface area contributed by atoms with E-state index < -0.39 is 52.2 Å². The van der Waals surface area contributed by atoms with Crippen LogP contribution in [0.15, 0.2) is 64.8 Å². The standard InChI is InChI=1S/C28H33F3N6O8S/c1-7-43-27(39)44-19(5)45-34-37(40)35(6)25(17(2)3)26(38)33-46(41,42)22-14-12-21(13-15-22)36-23(16-24(32-36)28(29,30)31)20-10-8-18(4)9-11-20/h8-17,19,25H,7H2,1-6H3,(H,33,38)/b37-34-/t19?,25-/m0/s1. The van der Waals surface area contributed by atoms with Crippen molar-refractivity contribution in [1.82, 2.24) is 19.5 Å². The summed E-state index contributed by atoms with van der Waals surface area (Å²) in [5, 5.41) is 20.2. The lowest BCUT2D eigenvalue weighted by Crippen LogP contribution is -2.51. The number of alkyl halides is 3. The van der Waals surface area contributed by atoms with Crippen LogP contribution in [0.4, 0.5) is 18.0 Å². The molecule has 2 atom stereocenters. The summed E-state index contributed by atoms with van der Waals surface area (Å²) < 4.78 is 79.1. The number of carbonyl (C=O) groups excluding carboxylic acids is 2. The number of hydrogen-bond donors (Lipinski definition) is 1. The molecular weight excluding hydrogens is 637 g/mol. The summed E-state index contributed by atoms with van der Waals surface area (Å²) in [7, 11) is -3.36. The normalized spacial score (nSPS) is 13.6. The van der Waals surface area contributed by atoms with E-state index in [1.54, 1.807) is 45.0 Å². The van der Waals surface area contributed by atoms with Gasteiger partial charge in [0, 0.05) is 12.5 Å². The van der Waals surface area contributed by atoms with E-state index in [9.17, 15) is 36.4 Å². The van der Waals surface area contributed by atoms with Gasteiger partial charge < -0.3 is 14.7 Å². The lowest BCUT2D eigenvalue weighted by atomic mass is 10.0. The molecule has 1 unspecified atom stereocenters. The van der Waals surface area contributed by atoms with Crippen LogP contribution >= 0.6 is 0 Å². The highest BCUT2D eigenvalue weighted by Gasteiger charge is 2.36. The van der Waals surface area contributed by atoms with Gasteiger partial charge in [0.05, 0.1) is 34.9 Å². The molecule has 0 fully saturated rings. The van der Waals surface area contributed by atoms with Gasteiger partial charge in [0.25, 0.3) is 22.2 Å². The number of ether oxygens (including phenoxy) is 2. The van der Waals surface area contributed by atoms with Crippen molar-refractivity contribution in [1.29, 1.82) is 0 Å². The number of likely N-dealkylation sites (N-methyl/N-ethyl adjacent to an activating group) is 1. The molecule has 3 rings (SSSR count). The first kappa shape index (κ1) is 35.6. The first-order valence-corrected chi connectivity index (χ1v) is 15.2. The molecule has 46 heavy (non-hydrogen) atoms. The fraction of sp³-hybridized carbons (Fsp3) is 0.393. The Hall–Kier alpha value is -4.87. The molecule has 0 bridgehead atoms. The fourth-order valence-electron chi connectivity index (χ4n) is 4.15. The number of hydrazine groups is 1. The van der Waals surface area contributed by atoms with Gasteiger partial charge in [-0.05, 0) is 50.1 Å². The van der Waals surface area contributed by atoms with Crippen molar-refractivity contribution in [2.75, 3.05) is 13.7 Å². The maximum Gasteiger partial charge on any atom is 0.511 e. The van der Waals surface area contributed by atoms with Gasteiger partial charge in [0.1, 0.15) is 0 Å². The maximum absolute atomic E-state index is 13.5. The van der Waals surface area contributed by atoms with Crippen molar-refractivity contribution >= 4 is 22.1 Å². The van der Waals surface area contributed by atoms with Gasteiger partial charge in [-0.1, -0.05) is 43.7 Å². The average Bonchev–Trinajstić information content (AvgIpc) is 3.42. The predicted octanol–water partition coefficient (Wildman–Crippen LogP) is 4.96. The number of nitrogens with zero attached hydrogens (tertiary/aromatic N) is 5. The van der Waals surface area contributed by atoms with Gasteiger partial charge >= 0.3 is 12.3 Å². The van der Waals surface area contributed by atoms with Crippen LogP contribution in [-0.4, -0.2) is 66.2 Å². The maximum atomic E-state index is 13.5. The molecule has 0 aliphatic rings. The van der Waals surface area contributed by atoms with Crippen LogP contribution in [0.1, 0.15) is 39.0 Å². The molecule has 0 aliphatic carbocycles. The van der Waals surface area contributed by atoms with Gasteiger partial charge in [0.15, 0.2) is 11.7 Å². The fourth-order valence-corrected chi connectivity index (χ4v) is 5.15. The van der Waals surface area contributed by atoms with E-state index >= 15 is 0 Å². The molecule has 2 aromatic carbocycles. The summed E-state index contributed by atoms with van der Waals surface area (Å²) in [4.78, 5) is 28.7. The SMILES string of the molecule is CCOC(=O)OC(C)O/N=[N+](\[O-])N(C)[C@H](C(=O)NS(=O)(=O)c1ccc(-n2nc(C(F)(F)F)cc2-c2ccc(C)cc2)cc1)C(C)C. The lowest BCUT2D eigenvalue weighted by Gasteiger charge is -2.26. The topological polar surface area (TPSA) is 167 Å². The van der Waals surface area contributed by atoms with Crippen LogP contribution in [-0.2, 0) is 35.3 Å². The molecule has 1 amide bonds. The third-order valence-corrected chi connectivity index (χ3v) is 7.70. The molecule has 250 valence electrons. The summed E-state index contributed by atoms with van der Waals surface area (Å²) in [6, 6.07) is 10.9. The molecule has 0 saturated heterocycles. The van der Waals surface area contributed by atoms with E-state index in [0.29, 0.717) is 5.56 Å². The molecule has 0 radical (unpaired) electrons. The molecule has 18 heteroatoms. The zero-order chi connectivity index (χ0) is 34.4. The number of aromatic nitrogens is 2. The lowest BCUT2D eigenvalue weighted by molar-refractivity contribution is -0.713. The second kappa shape index (κ2) is 14.5. The van der Waals surface area contributed by atoms with E-state index in [1.165, 1.54) is 19.1 Å². The van der Waals surface area contributed by atoms with E-state index in [2.05, 4.69) is 15.1 Å².